The van der Waals surface area contributed by atoms with Crippen molar-refractivity contribution in [3.63, 3.8) is 0 Å². The fourth-order valence-corrected chi connectivity index (χ4v) is 3.49. The number of nitrogens with zero attached hydrogens (tertiary/aromatic N) is 3. The standard InChI is InChI=1S/C23H27N5O/c1-2-24-23(26-15-20-14-19-10-6-7-11-21(19)29-20)27-16-22-25-12-13-28(22)17-18-8-4-3-5-9-18/h3-13,20H,2,14-17H2,1H3,(H2,24,26,27). The van der Waals surface area contributed by atoms with E-state index in [1.165, 1.54) is 11.1 Å². The van der Waals surface area contributed by atoms with Gasteiger partial charge in [-0.15, -0.1) is 0 Å². The Morgan fingerprint density at radius 2 is 1.97 bits per heavy atom. The molecule has 0 saturated heterocycles. The molecule has 0 fully saturated rings. The van der Waals surface area contributed by atoms with Gasteiger partial charge in [-0.3, -0.25) is 0 Å². The quantitative estimate of drug-likeness (QED) is 0.482. The minimum Gasteiger partial charge on any atom is -0.488 e. The second-order valence-electron chi connectivity index (χ2n) is 7.08. The van der Waals surface area contributed by atoms with Crippen LogP contribution in [0.25, 0.3) is 0 Å². The summed E-state index contributed by atoms with van der Waals surface area (Å²) in [4.78, 5) is 9.21. The van der Waals surface area contributed by atoms with Gasteiger partial charge in [0.1, 0.15) is 24.2 Å². The van der Waals surface area contributed by atoms with Gasteiger partial charge < -0.3 is 19.9 Å². The fraction of sp³-hybridized carbons (Fsp3) is 0.304. The molecule has 1 aromatic heterocycles. The Kier molecular flexibility index (Phi) is 6.10. The van der Waals surface area contributed by atoms with E-state index in [9.17, 15) is 0 Å². The average molecular weight is 390 g/mol. The Balaban J connectivity index is 1.35. The highest BCUT2D eigenvalue weighted by Crippen LogP contribution is 2.27. The minimum atomic E-state index is 0.122. The van der Waals surface area contributed by atoms with Crippen molar-refractivity contribution in [2.24, 2.45) is 4.99 Å². The molecule has 29 heavy (non-hydrogen) atoms. The van der Waals surface area contributed by atoms with Crippen LogP contribution in [0.15, 0.2) is 72.0 Å². The number of rotatable bonds is 7. The highest BCUT2D eigenvalue weighted by atomic mass is 16.5. The molecule has 0 amide bonds. The van der Waals surface area contributed by atoms with Gasteiger partial charge >= 0.3 is 0 Å². The van der Waals surface area contributed by atoms with Gasteiger partial charge in [-0.1, -0.05) is 48.5 Å². The lowest BCUT2D eigenvalue weighted by Gasteiger charge is -2.15. The molecule has 0 aliphatic carbocycles. The van der Waals surface area contributed by atoms with Gasteiger partial charge in [0.25, 0.3) is 0 Å². The zero-order valence-corrected chi connectivity index (χ0v) is 16.7. The molecule has 1 aliphatic rings. The predicted octanol–water partition coefficient (Wildman–Crippen LogP) is 2.99. The number of para-hydroxylation sites is 1. The number of fused-ring (bicyclic) bond motifs is 1. The molecular weight excluding hydrogens is 362 g/mol. The summed E-state index contributed by atoms with van der Waals surface area (Å²) in [5.74, 6) is 2.71. The summed E-state index contributed by atoms with van der Waals surface area (Å²) in [7, 11) is 0. The van der Waals surface area contributed by atoms with Crippen molar-refractivity contribution in [3.05, 3.63) is 83.9 Å². The SMILES string of the molecule is CCNC(=NCc1nccn1Cc1ccccc1)NCC1Cc2ccccc2O1. The lowest BCUT2D eigenvalue weighted by molar-refractivity contribution is 0.235. The van der Waals surface area contributed by atoms with Gasteiger partial charge in [-0.05, 0) is 24.1 Å². The van der Waals surface area contributed by atoms with E-state index in [0.29, 0.717) is 13.1 Å². The summed E-state index contributed by atoms with van der Waals surface area (Å²) < 4.78 is 8.15. The molecule has 0 spiro atoms. The second-order valence-corrected chi connectivity index (χ2v) is 7.08. The van der Waals surface area contributed by atoms with Gasteiger partial charge in [0.2, 0.25) is 0 Å². The number of benzene rings is 2. The van der Waals surface area contributed by atoms with Gasteiger partial charge in [0, 0.05) is 31.9 Å². The number of imidazole rings is 1. The molecule has 0 bridgehead atoms. The van der Waals surface area contributed by atoms with E-state index in [-0.39, 0.29) is 6.10 Å². The van der Waals surface area contributed by atoms with Crippen LogP contribution in [-0.2, 0) is 19.5 Å². The van der Waals surface area contributed by atoms with Crippen molar-refractivity contribution in [2.75, 3.05) is 13.1 Å². The molecule has 1 atom stereocenters. The van der Waals surface area contributed by atoms with Crippen LogP contribution in [0.2, 0.25) is 0 Å². The van der Waals surface area contributed by atoms with Gasteiger partial charge in [-0.25, -0.2) is 9.98 Å². The molecule has 150 valence electrons. The van der Waals surface area contributed by atoms with E-state index in [1.54, 1.807) is 0 Å². The number of hydrogen-bond acceptors (Lipinski definition) is 3. The molecule has 6 nitrogen and oxygen atoms in total. The predicted molar refractivity (Wildman–Crippen MR) is 115 cm³/mol. The third-order valence-corrected chi connectivity index (χ3v) is 4.93. The molecule has 3 aromatic rings. The van der Waals surface area contributed by atoms with Crippen molar-refractivity contribution in [2.45, 2.75) is 32.5 Å². The van der Waals surface area contributed by atoms with Crippen LogP contribution >= 0.6 is 0 Å². The van der Waals surface area contributed by atoms with Gasteiger partial charge in [0.05, 0.1) is 6.54 Å². The lowest BCUT2D eigenvalue weighted by Crippen LogP contribution is -2.42. The highest BCUT2D eigenvalue weighted by Gasteiger charge is 2.22. The Labute approximate surface area is 171 Å². The molecular formula is C23H27N5O. The number of ether oxygens (including phenoxy) is 1. The van der Waals surface area contributed by atoms with E-state index in [4.69, 9.17) is 9.73 Å². The summed E-state index contributed by atoms with van der Waals surface area (Å²) in [6.45, 7) is 4.88. The summed E-state index contributed by atoms with van der Waals surface area (Å²) in [5, 5.41) is 6.71. The Bertz CT molecular complexity index is 926. The highest BCUT2D eigenvalue weighted by molar-refractivity contribution is 5.79. The van der Waals surface area contributed by atoms with Crippen molar-refractivity contribution >= 4 is 5.96 Å². The summed E-state index contributed by atoms with van der Waals surface area (Å²) >= 11 is 0. The molecule has 4 rings (SSSR count). The molecule has 0 radical (unpaired) electrons. The first-order chi connectivity index (χ1) is 14.3. The smallest absolute Gasteiger partial charge is 0.191 e. The van der Waals surface area contributed by atoms with E-state index in [1.807, 2.05) is 30.6 Å². The van der Waals surface area contributed by atoms with Crippen molar-refractivity contribution in [1.29, 1.82) is 0 Å². The van der Waals surface area contributed by atoms with Crippen LogP contribution in [0, 0.1) is 0 Å². The second kappa shape index (κ2) is 9.28. The number of aromatic nitrogens is 2. The average Bonchev–Trinajstić information content (AvgIpc) is 3.37. The monoisotopic (exact) mass is 389 g/mol. The molecule has 0 saturated carbocycles. The zero-order valence-electron chi connectivity index (χ0n) is 16.7. The number of guanidine groups is 1. The molecule has 2 aromatic carbocycles. The molecule has 6 heteroatoms. The van der Waals surface area contributed by atoms with Crippen molar-refractivity contribution in [3.8, 4) is 5.75 Å². The number of hydrogen-bond donors (Lipinski definition) is 2. The summed E-state index contributed by atoms with van der Waals surface area (Å²) in [5.41, 5.74) is 2.52. The maximum absolute atomic E-state index is 6.01. The van der Waals surface area contributed by atoms with Crippen LogP contribution in [0.3, 0.4) is 0 Å². The molecule has 1 aliphatic heterocycles. The Morgan fingerprint density at radius 3 is 2.79 bits per heavy atom. The van der Waals surface area contributed by atoms with Crippen molar-refractivity contribution in [1.82, 2.24) is 20.2 Å². The molecule has 2 heterocycles. The Morgan fingerprint density at radius 1 is 1.14 bits per heavy atom. The summed E-state index contributed by atoms with van der Waals surface area (Å²) in [6.07, 6.45) is 4.88. The largest absolute Gasteiger partial charge is 0.488 e. The fourth-order valence-electron chi connectivity index (χ4n) is 3.49. The van der Waals surface area contributed by atoms with Gasteiger partial charge in [-0.2, -0.15) is 0 Å². The van der Waals surface area contributed by atoms with E-state index in [0.717, 1.165) is 37.0 Å². The molecule has 2 N–H and O–H groups in total. The van der Waals surface area contributed by atoms with Gasteiger partial charge in [0.15, 0.2) is 5.96 Å². The third-order valence-electron chi connectivity index (χ3n) is 4.93. The first kappa shape index (κ1) is 19.1. The number of nitrogens with one attached hydrogen (secondary N) is 2. The third kappa shape index (κ3) is 4.96. The van der Waals surface area contributed by atoms with Crippen LogP contribution in [-0.4, -0.2) is 34.7 Å². The van der Waals surface area contributed by atoms with E-state index < -0.39 is 0 Å². The normalized spacial score (nSPS) is 15.6. The summed E-state index contributed by atoms with van der Waals surface area (Å²) in [6, 6.07) is 18.6. The maximum atomic E-state index is 6.01. The first-order valence-electron chi connectivity index (χ1n) is 10.1. The van der Waals surface area contributed by atoms with Crippen LogP contribution < -0.4 is 15.4 Å². The minimum absolute atomic E-state index is 0.122. The van der Waals surface area contributed by atoms with E-state index >= 15 is 0 Å². The lowest BCUT2D eigenvalue weighted by atomic mass is 10.1. The maximum Gasteiger partial charge on any atom is 0.191 e. The van der Waals surface area contributed by atoms with Crippen molar-refractivity contribution < 1.29 is 4.74 Å². The number of aliphatic imine (C=N–C) groups is 1. The topological polar surface area (TPSA) is 63.5 Å². The van der Waals surface area contributed by atoms with Crippen LogP contribution in [0.5, 0.6) is 5.75 Å². The molecule has 1 unspecified atom stereocenters. The van der Waals surface area contributed by atoms with E-state index in [2.05, 4.69) is 63.5 Å². The van der Waals surface area contributed by atoms with Crippen LogP contribution in [0.1, 0.15) is 23.9 Å². The van der Waals surface area contributed by atoms with Crippen LogP contribution in [0.4, 0.5) is 0 Å². The zero-order chi connectivity index (χ0) is 19.9. The first-order valence-corrected chi connectivity index (χ1v) is 10.1. The Hall–Kier alpha value is -3.28.